The summed E-state index contributed by atoms with van der Waals surface area (Å²) in [6, 6.07) is 12.5. The van der Waals surface area contributed by atoms with Crippen molar-refractivity contribution in [2.45, 2.75) is 23.4 Å². The molecule has 0 fully saturated rings. The predicted octanol–water partition coefficient (Wildman–Crippen LogP) is 4.12. The molecule has 0 saturated heterocycles. The van der Waals surface area contributed by atoms with Crippen molar-refractivity contribution in [2.75, 3.05) is 0 Å². The zero-order valence-corrected chi connectivity index (χ0v) is 16.5. The van der Waals surface area contributed by atoms with Gasteiger partial charge in [0.1, 0.15) is 10.9 Å². The van der Waals surface area contributed by atoms with Crippen molar-refractivity contribution >= 4 is 51.0 Å². The molecular formula is C18H16BrCl2NO4. The molecule has 2 aromatic rings. The number of hydrogen-bond acceptors (Lipinski definition) is 3. The third kappa shape index (κ3) is 5.71. The van der Waals surface area contributed by atoms with E-state index in [4.69, 9.17) is 28.3 Å². The SMILES string of the molecule is O=C(O)CC(Br)C(=O)N[C@H](c1ccc(Cl)cc1)[C@H](O)c1cccc(Cl)c1. The monoisotopic (exact) mass is 459 g/mol. The lowest BCUT2D eigenvalue weighted by Crippen LogP contribution is -2.38. The number of carboxylic acids is 1. The summed E-state index contributed by atoms with van der Waals surface area (Å²) < 4.78 is 0. The molecule has 8 heteroatoms. The van der Waals surface area contributed by atoms with Crippen LogP contribution in [0.4, 0.5) is 0 Å². The molecule has 1 amide bonds. The first-order chi connectivity index (χ1) is 12.3. The molecule has 2 aromatic carbocycles. The van der Waals surface area contributed by atoms with E-state index in [1.54, 1.807) is 48.5 Å². The van der Waals surface area contributed by atoms with Gasteiger partial charge in [0.05, 0.1) is 12.5 Å². The van der Waals surface area contributed by atoms with Gasteiger partial charge in [-0.25, -0.2) is 0 Å². The Morgan fingerprint density at radius 1 is 1.04 bits per heavy atom. The van der Waals surface area contributed by atoms with Crippen molar-refractivity contribution in [3.05, 3.63) is 69.7 Å². The van der Waals surface area contributed by atoms with E-state index in [0.29, 0.717) is 21.2 Å². The number of rotatable bonds is 7. The Kier molecular flexibility index (Phi) is 7.46. The largest absolute Gasteiger partial charge is 0.481 e. The zero-order chi connectivity index (χ0) is 19.3. The number of aliphatic hydroxyl groups is 1. The van der Waals surface area contributed by atoms with Crippen LogP contribution >= 0.6 is 39.1 Å². The highest BCUT2D eigenvalue weighted by atomic mass is 79.9. The van der Waals surface area contributed by atoms with E-state index in [-0.39, 0.29) is 6.42 Å². The van der Waals surface area contributed by atoms with Gasteiger partial charge in [0, 0.05) is 10.0 Å². The van der Waals surface area contributed by atoms with Crippen LogP contribution in [0, 0.1) is 0 Å². The lowest BCUT2D eigenvalue weighted by Gasteiger charge is -2.26. The Balaban J connectivity index is 2.31. The fourth-order valence-electron chi connectivity index (χ4n) is 2.39. The van der Waals surface area contributed by atoms with Gasteiger partial charge >= 0.3 is 5.97 Å². The van der Waals surface area contributed by atoms with Crippen LogP contribution in [-0.4, -0.2) is 26.9 Å². The fraction of sp³-hybridized carbons (Fsp3) is 0.222. The average molecular weight is 461 g/mol. The highest BCUT2D eigenvalue weighted by Crippen LogP contribution is 2.31. The fourth-order valence-corrected chi connectivity index (χ4v) is 3.12. The van der Waals surface area contributed by atoms with Crippen molar-refractivity contribution in [3.63, 3.8) is 0 Å². The zero-order valence-electron chi connectivity index (χ0n) is 13.4. The van der Waals surface area contributed by atoms with E-state index in [1.165, 1.54) is 0 Å². The lowest BCUT2D eigenvalue weighted by atomic mass is 9.95. The molecule has 0 bridgehead atoms. The summed E-state index contributed by atoms with van der Waals surface area (Å²) in [6.07, 6.45) is -1.48. The predicted molar refractivity (Wildman–Crippen MR) is 104 cm³/mol. The minimum Gasteiger partial charge on any atom is -0.481 e. The summed E-state index contributed by atoms with van der Waals surface area (Å²) in [5.74, 6) is -1.66. The second-order valence-electron chi connectivity index (χ2n) is 5.60. The Morgan fingerprint density at radius 3 is 2.27 bits per heavy atom. The standard InChI is InChI=1S/C18H16BrCl2NO4/c19-14(9-15(23)24)18(26)22-16(10-4-6-12(20)7-5-10)17(25)11-2-1-3-13(21)8-11/h1-8,14,16-17,25H,9H2,(H,22,26)(H,23,24)/t14?,16-,17-/m1/s1. The van der Waals surface area contributed by atoms with Crippen molar-refractivity contribution in [1.82, 2.24) is 5.32 Å². The number of benzene rings is 2. The first kappa shape index (κ1) is 20.7. The van der Waals surface area contributed by atoms with Gasteiger partial charge < -0.3 is 15.5 Å². The number of carbonyl (C=O) groups excluding carboxylic acids is 1. The summed E-state index contributed by atoms with van der Waals surface area (Å²) in [4.78, 5) is 22.2. The van der Waals surface area contributed by atoms with Crippen LogP contribution in [0.5, 0.6) is 0 Å². The average Bonchev–Trinajstić information content (AvgIpc) is 2.59. The molecule has 1 unspecified atom stereocenters. The lowest BCUT2D eigenvalue weighted by molar-refractivity contribution is -0.138. The van der Waals surface area contributed by atoms with E-state index in [0.717, 1.165) is 0 Å². The molecule has 0 spiro atoms. The van der Waals surface area contributed by atoms with Crippen molar-refractivity contribution in [3.8, 4) is 0 Å². The first-order valence-corrected chi connectivity index (χ1v) is 9.30. The van der Waals surface area contributed by atoms with Gasteiger partial charge in [-0.2, -0.15) is 0 Å². The van der Waals surface area contributed by atoms with Crippen molar-refractivity contribution in [2.24, 2.45) is 0 Å². The smallest absolute Gasteiger partial charge is 0.305 e. The molecule has 0 aliphatic carbocycles. The summed E-state index contributed by atoms with van der Waals surface area (Å²) in [5, 5.41) is 23.3. The second kappa shape index (κ2) is 9.37. The second-order valence-corrected chi connectivity index (χ2v) is 7.58. The minimum atomic E-state index is -1.11. The van der Waals surface area contributed by atoms with Crippen LogP contribution in [0.25, 0.3) is 0 Å². The molecule has 0 saturated carbocycles. The molecule has 138 valence electrons. The molecule has 3 N–H and O–H groups in total. The Labute approximate surface area is 169 Å². The number of carboxylic acid groups (broad SMARTS) is 1. The minimum absolute atomic E-state index is 0.383. The van der Waals surface area contributed by atoms with Crippen molar-refractivity contribution < 1.29 is 19.8 Å². The van der Waals surface area contributed by atoms with Crippen molar-refractivity contribution in [1.29, 1.82) is 0 Å². The normalized spacial score (nSPS) is 14.3. The number of hydrogen-bond donors (Lipinski definition) is 3. The number of carbonyl (C=O) groups is 2. The topological polar surface area (TPSA) is 86.6 Å². The van der Waals surface area contributed by atoms with E-state index in [9.17, 15) is 14.7 Å². The molecular weight excluding hydrogens is 445 g/mol. The quantitative estimate of drug-likeness (QED) is 0.542. The maximum absolute atomic E-state index is 12.3. The van der Waals surface area contributed by atoms with Gasteiger partial charge in [0.15, 0.2) is 0 Å². The molecule has 0 heterocycles. The molecule has 0 aliphatic rings. The van der Waals surface area contributed by atoms with E-state index >= 15 is 0 Å². The molecule has 0 aliphatic heterocycles. The van der Waals surface area contributed by atoms with Crippen LogP contribution in [0.2, 0.25) is 10.0 Å². The van der Waals surface area contributed by atoms with Crippen LogP contribution in [0.1, 0.15) is 29.7 Å². The number of nitrogens with one attached hydrogen (secondary N) is 1. The third-order valence-corrected chi connectivity index (χ3v) is 4.90. The highest BCUT2D eigenvalue weighted by Gasteiger charge is 2.28. The third-order valence-electron chi connectivity index (χ3n) is 3.67. The molecule has 26 heavy (non-hydrogen) atoms. The molecule has 0 radical (unpaired) electrons. The maximum atomic E-state index is 12.3. The summed E-state index contributed by atoms with van der Waals surface area (Å²) in [6.45, 7) is 0. The van der Waals surface area contributed by atoms with Crippen LogP contribution in [-0.2, 0) is 9.59 Å². The van der Waals surface area contributed by atoms with Crippen LogP contribution in [0.15, 0.2) is 48.5 Å². The number of alkyl halides is 1. The van der Waals surface area contributed by atoms with Crippen LogP contribution < -0.4 is 5.32 Å². The molecule has 5 nitrogen and oxygen atoms in total. The number of amides is 1. The maximum Gasteiger partial charge on any atom is 0.305 e. The summed E-state index contributed by atoms with van der Waals surface area (Å²) >= 11 is 14.9. The van der Waals surface area contributed by atoms with Gasteiger partial charge in [-0.15, -0.1) is 0 Å². The molecule has 0 aromatic heterocycles. The van der Waals surface area contributed by atoms with Gasteiger partial charge in [-0.05, 0) is 35.4 Å². The molecule has 2 rings (SSSR count). The Morgan fingerprint density at radius 2 is 1.69 bits per heavy atom. The first-order valence-electron chi connectivity index (χ1n) is 7.63. The summed E-state index contributed by atoms with van der Waals surface area (Å²) in [5.41, 5.74) is 1.13. The van der Waals surface area contributed by atoms with E-state index < -0.39 is 28.8 Å². The number of aliphatic hydroxyl groups excluding tert-OH is 1. The van der Waals surface area contributed by atoms with Gasteiger partial charge in [-0.1, -0.05) is 63.4 Å². The molecule has 3 atom stereocenters. The number of halogens is 3. The number of aliphatic carboxylic acids is 1. The van der Waals surface area contributed by atoms with Gasteiger partial charge in [0.2, 0.25) is 5.91 Å². The van der Waals surface area contributed by atoms with Crippen LogP contribution in [0.3, 0.4) is 0 Å². The Hall–Kier alpha value is -1.60. The van der Waals surface area contributed by atoms with E-state index in [2.05, 4.69) is 21.2 Å². The van der Waals surface area contributed by atoms with E-state index in [1.807, 2.05) is 0 Å². The van der Waals surface area contributed by atoms with Gasteiger partial charge in [-0.3, -0.25) is 9.59 Å². The Bertz CT molecular complexity index is 785. The highest BCUT2D eigenvalue weighted by molar-refractivity contribution is 9.10. The van der Waals surface area contributed by atoms with Gasteiger partial charge in [0.25, 0.3) is 0 Å². The summed E-state index contributed by atoms with van der Waals surface area (Å²) in [7, 11) is 0.